The predicted molar refractivity (Wildman–Crippen MR) is 86.2 cm³/mol. The molecule has 0 atom stereocenters. The van der Waals surface area contributed by atoms with E-state index in [1.807, 2.05) is 31.3 Å². The summed E-state index contributed by atoms with van der Waals surface area (Å²) in [4.78, 5) is 12.5. The molecule has 0 bridgehead atoms. The van der Waals surface area contributed by atoms with E-state index in [0.29, 0.717) is 4.47 Å². The van der Waals surface area contributed by atoms with Gasteiger partial charge in [0.1, 0.15) is 5.82 Å². The molecule has 0 saturated heterocycles. The van der Waals surface area contributed by atoms with Crippen LogP contribution in [-0.2, 0) is 12.8 Å². The fourth-order valence-electron chi connectivity index (χ4n) is 2.20. The van der Waals surface area contributed by atoms with Crippen LogP contribution in [0.1, 0.15) is 21.5 Å². The van der Waals surface area contributed by atoms with E-state index in [2.05, 4.69) is 21.2 Å². The lowest BCUT2D eigenvalue weighted by Gasteiger charge is -2.09. The molecular weight excluding hydrogens is 333 g/mol. The smallest absolute Gasteiger partial charge is 0.167 e. The van der Waals surface area contributed by atoms with Crippen LogP contribution in [0.3, 0.4) is 0 Å². The van der Waals surface area contributed by atoms with Gasteiger partial charge in [0, 0.05) is 12.0 Å². The lowest BCUT2D eigenvalue weighted by Crippen LogP contribution is -2.14. The van der Waals surface area contributed by atoms with Gasteiger partial charge in [0.25, 0.3) is 0 Å². The van der Waals surface area contributed by atoms with Crippen molar-refractivity contribution >= 4 is 21.7 Å². The molecule has 2 aromatic rings. The van der Waals surface area contributed by atoms with Crippen molar-refractivity contribution in [3.63, 3.8) is 0 Å². The minimum absolute atomic E-state index is 0.0558. The molecule has 0 aromatic heterocycles. The second-order valence-electron chi connectivity index (χ2n) is 4.86. The van der Waals surface area contributed by atoms with Gasteiger partial charge in [-0.2, -0.15) is 0 Å². The average Bonchev–Trinajstić information content (AvgIpc) is 2.49. The average molecular weight is 350 g/mol. The summed E-state index contributed by atoms with van der Waals surface area (Å²) in [6, 6.07) is 12.3. The Morgan fingerprint density at radius 2 is 2.00 bits per heavy atom. The normalized spacial score (nSPS) is 10.6. The molecule has 21 heavy (non-hydrogen) atoms. The number of halogens is 2. The van der Waals surface area contributed by atoms with Gasteiger partial charge in [-0.1, -0.05) is 30.3 Å². The Bertz CT molecular complexity index is 642. The summed E-state index contributed by atoms with van der Waals surface area (Å²) in [6.45, 7) is 0.826. The number of hydrogen-bond acceptors (Lipinski definition) is 2. The predicted octanol–water partition coefficient (Wildman–Crippen LogP) is 3.78. The van der Waals surface area contributed by atoms with Gasteiger partial charge in [-0.15, -0.1) is 0 Å². The van der Waals surface area contributed by atoms with Gasteiger partial charge in [0.2, 0.25) is 0 Å². The molecule has 2 aromatic carbocycles. The Balaban J connectivity index is 2.18. The zero-order valence-electron chi connectivity index (χ0n) is 11.8. The Morgan fingerprint density at radius 3 is 2.71 bits per heavy atom. The van der Waals surface area contributed by atoms with Crippen molar-refractivity contribution in [1.82, 2.24) is 5.32 Å². The summed E-state index contributed by atoms with van der Waals surface area (Å²) in [5, 5.41) is 3.09. The number of ketones is 1. The van der Waals surface area contributed by atoms with E-state index >= 15 is 0 Å². The lowest BCUT2D eigenvalue weighted by molar-refractivity contribution is 0.0992. The van der Waals surface area contributed by atoms with E-state index < -0.39 is 0 Å². The Hall–Kier alpha value is -1.52. The van der Waals surface area contributed by atoms with Crippen molar-refractivity contribution in [2.75, 3.05) is 13.6 Å². The maximum Gasteiger partial charge on any atom is 0.167 e. The maximum absolute atomic E-state index is 13.2. The minimum Gasteiger partial charge on any atom is -0.319 e. The van der Waals surface area contributed by atoms with Gasteiger partial charge < -0.3 is 5.32 Å². The van der Waals surface area contributed by atoms with Gasteiger partial charge in [0.05, 0.1) is 4.47 Å². The summed E-state index contributed by atoms with van der Waals surface area (Å²) in [6.07, 6.45) is 1.08. The molecule has 0 fully saturated rings. The van der Waals surface area contributed by atoms with Gasteiger partial charge in [-0.25, -0.2) is 4.39 Å². The molecule has 110 valence electrons. The second-order valence-corrected chi connectivity index (χ2v) is 5.71. The first-order valence-corrected chi connectivity index (χ1v) is 7.60. The molecule has 0 aliphatic heterocycles. The summed E-state index contributed by atoms with van der Waals surface area (Å²) >= 11 is 3.15. The Morgan fingerprint density at radius 1 is 1.24 bits per heavy atom. The molecule has 0 saturated carbocycles. The Kier molecular flexibility index (Phi) is 5.65. The van der Waals surface area contributed by atoms with Gasteiger partial charge in [-0.05, 0) is 59.2 Å². The number of rotatable bonds is 6. The first-order chi connectivity index (χ1) is 10.1. The fraction of sp³-hybridized carbons (Fsp3) is 0.235. The van der Waals surface area contributed by atoms with Crippen molar-refractivity contribution < 1.29 is 9.18 Å². The van der Waals surface area contributed by atoms with Crippen LogP contribution >= 0.6 is 15.9 Å². The number of hydrogen-bond donors (Lipinski definition) is 1. The molecule has 2 rings (SSSR count). The SMILES string of the molecule is CNCCc1ccccc1C(=O)Cc1ccc(F)c(Br)c1. The molecule has 4 heteroatoms. The monoisotopic (exact) mass is 349 g/mol. The molecule has 2 nitrogen and oxygen atoms in total. The third kappa shape index (κ3) is 4.22. The van der Waals surface area contributed by atoms with Crippen LogP contribution < -0.4 is 5.32 Å². The Labute approximate surface area is 132 Å². The quantitative estimate of drug-likeness (QED) is 0.804. The molecule has 0 aliphatic carbocycles. The molecular formula is C17H17BrFNO. The summed E-state index contributed by atoms with van der Waals surface area (Å²) in [7, 11) is 1.89. The highest BCUT2D eigenvalue weighted by Crippen LogP contribution is 2.19. The molecule has 0 amide bonds. The number of likely N-dealkylation sites (N-methyl/N-ethyl adjacent to an activating group) is 1. The van der Waals surface area contributed by atoms with E-state index in [1.54, 1.807) is 12.1 Å². The zero-order valence-corrected chi connectivity index (χ0v) is 13.4. The van der Waals surface area contributed by atoms with E-state index in [0.717, 1.165) is 29.7 Å². The third-order valence-corrected chi connectivity index (χ3v) is 3.92. The van der Waals surface area contributed by atoms with Crippen molar-refractivity contribution in [3.8, 4) is 0 Å². The number of Topliss-reactive ketones (excluding diaryl/α,β-unsaturated/α-hetero) is 1. The van der Waals surface area contributed by atoms with Gasteiger partial charge in [-0.3, -0.25) is 4.79 Å². The summed E-state index contributed by atoms with van der Waals surface area (Å²) < 4.78 is 13.6. The molecule has 1 N–H and O–H groups in total. The number of benzene rings is 2. The van der Waals surface area contributed by atoms with E-state index in [1.165, 1.54) is 6.07 Å². The third-order valence-electron chi connectivity index (χ3n) is 3.31. The van der Waals surface area contributed by atoms with Crippen LogP contribution in [0.5, 0.6) is 0 Å². The van der Waals surface area contributed by atoms with Crippen molar-refractivity contribution in [3.05, 3.63) is 69.4 Å². The zero-order chi connectivity index (χ0) is 15.2. The van der Waals surface area contributed by atoms with E-state index in [-0.39, 0.29) is 18.0 Å². The van der Waals surface area contributed by atoms with Crippen molar-refractivity contribution in [2.24, 2.45) is 0 Å². The van der Waals surface area contributed by atoms with Gasteiger partial charge in [0.15, 0.2) is 5.78 Å². The number of nitrogens with one attached hydrogen (secondary N) is 1. The topological polar surface area (TPSA) is 29.1 Å². The summed E-state index contributed by atoms with van der Waals surface area (Å²) in [5.41, 5.74) is 2.59. The van der Waals surface area contributed by atoms with Crippen LogP contribution in [0, 0.1) is 5.82 Å². The standard InChI is InChI=1S/C17H17BrFNO/c1-20-9-8-13-4-2-3-5-14(13)17(21)11-12-6-7-16(19)15(18)10-12/h2-7,10,20H,8-9,11H2,1H3. The highest BCUT2D eigenvalue weighted by Gasteiger charge is 2.12. The van der Waals surface area contributed by atoms with Crippen LogP contribution in [-0.4, -0.2) is 19.4 Å². The van der Waals surface area contributed by atoms with Crippen LogP contribution in [0.4, 0.5) is 4.39 Å². The van der Waals surface area contributed by atoms with Crippen LogP contribution in [0.15, 0.2) is 46.9 Å². The largest absolute Gasteiger partial charge is 0.319 e. The van der Waals surface area contributed by atoms with Crippen LogP contribution in [0.2, 0.25) is 0 Å². The second kappa shape index (κ2) is 7.48. The summed E-state index contributed by atoms with van der Waals surface area (Å²) in [5.74, 6) is -0.263. The van der Waals surface area contributed by atoms with Crippen molar-refractivity contribution in [2.45, 2.75) is 12.8 Å². The highest BCUT2D eigenvalue weighted by molar-refractivity contribution is 9.10. The van der Waals surface area contributed by atoms with Gasteiger partial charge >= 0.3 is 0 Å². The van der Waals surface area contributed by atoms with Crippen molar-refractivity contribution in [1.29, 1.82) is 0 Å². The maximum atomic E-state index is 13.2. The van der Waals surface area contributed by atoms with E-state index in [4.69, 9.17) is 0 Å². The molecule has 0 aliphatic rings. The highest BCUT2D eigenvalue weighted by atomic mass is 79.9. The number of carbonyl (C=O) groups excluding carboxylic acids is 1. The molecule has 0 radical (unpaired) electrons. The van der Waals surface area contributed by atoms with Crippen LogP contribution in [0.25, 0.3) is 0 Å². The first kappa shape index (κ1) is 15.9. The van der Waals surface area contributed by atoms with E-state index in [9.17, 15) is 9.18 Å². The number of carbonyl (C=O) groups is 1. The first-order valence-electron chi connectivity index (χ1n) is 6.81. The fourth-order valence-corrected chi connectivity index (χ4v) is 2.63. The molecule has 0 unspecified atom stereocenters. The molecule has 0 heterocycles. The lowest BCUT2D eigenvalue weighted by atomic mass is 9.97. The molecule has 0 spiro atoms. The minimum atomic E-state index is -0.319.